The summed E-state index contributed by atoms with van der Waals surface area (Å²) in [5, 5.41) is 3.33. The van der Waals surface area contributed by atoms with Gasteiger partial charge in [-0.3, -0.25) is 4.79 Å². The van der Waals surface area contributed by atoms with Gasteiger partial charge in [0.05, 0.1) is 6.04 Å². The second-order valence-electron chi connectivity index (χ2n) is 8.94. The molecule has 1 heterocycles. The van der Waals surface area contributed by atoms with E-state index in [0.717, 1.165) is 41.8 Å². The molecule has 4 aromatic rings. The zero-order valence-electron chi connectivity index (χ0n) is 20.5. The van der Waals surface area contributed by atoms with Crippen molar-refractivity contribution in [2.24, 2.45) is 7.05 Å². The van der Waals surface area contributed by atoms with Gasteiger partial charge < -0.3 is 9.88 Å². The molecule has 0 aliphatic rings. The van der Waals surface area contributed by atoms with Gasteiger partial charge in [0.1, 0.15) is 17.2 Å². The minimum absolute atomic E-state index is 0.0451. The lowest BCUT2D eigenvalue weighted by Gasteiger charge is -2.20. The summed E-state index contributed by atoms with van der Waals surface area (Å²) in [6.45, 7) is 6.36. The lowest BCUT2D eigenvalue weighted by molar-refractivity contribution is 0.0926. The average Bonchev–Trinajstić information content (AvgIpc) is 3.21. The number of unbranched alkanes of at least 4 members (excludes halogenated alkanes) is 1. The Morgan fingerprint density at radius 3 is 2.24 bits per heavy atom. The first kappa shape index (κ1) is 23.5. The van der Waals surface area contributed by atoms with Crippen LogP contribution in [0.5, 0.6) is 0 Å². The van der Waals surface area contributed by atoms with Crippen molar-refractivity contribution in [3.63, 3.8) is 0 Å². The summed E-state index contributed by atoms with van der Waals surface area (Å²) in [6.07, 6.45) is 3.02. The Kier molecular flexibility index (Phi) is 7.27. The summed E-state index contributed by atoms with van der Waals surface area (Å²) < 4.78 is 1.93. The Balaban J connectivity index is 1.79. The molecular weight excluding hydrogens is 418 g/mol. The topological polar surface area (TPSA) is 46.9 Å². The van der Waals surface area contributed by atoms with Crippen molar-refractivity contribution in [3.05, 3.63) is 101 Å². The van der Waals surface area contributed by atoms with Crippen LogP contribution in [0.4, 0.5) is 0 Å². The Labute approximate surface area is 202 Å². The van der Waals surface area contributed by atoms with Gasteiger partial charge in [-0.2, -0.15) is 0 Å². The number of nitrogens with zero attached hydrogens (tertiary/aromatic N) is 2. The molecule has 0 aliphatic carbocycles. The van der Waals surface area contributed by atoms with Crippen LogP contribution >= 0.6 is 0 Å². The van der Waals surface area contributed by atoms with Gasteiger partial charge in [0, 0.05) is 18.2 Å². The molecule has 0 saturated heterocycles. The van der Waals surface area contributed by atoms with Crippen molar-refractivity contribution in [1.82, 2.24) is 14.9 Å². The summed E-state index contributed by atoms with van der Waals surface area (Å²) in [5.74, 6) is 0.680. The second-order valence-corrected chi connectivity index (χ2v) is 8.94. The lowest BCUT2D eigenvalue weighted by Crippen LogP contribution is -2.30. The number of benzene rings is 3. The van der Waals surface area contributed by atoms with Crippen molar-refractivity contribution in [3.8, 4) is 22.6 Å². The third-order valence-electron chi connectivity index (χ3n) is 6.48. The van der Waals surface area contributed by atoms with E-state index >= 15 is 0 Å². The van der Waals surface area contributed by atoms with Crippen LogP contribution in [0.1, 0.15) is 59.4 Å². The monoisotopic (exact) mass is 451 g/mol. The van der Waals surface area contributed by atoms with E-state index < -0.39 is 0 Å². The van der Waals surface area contributed by atoms with Crippen molar-refractivity contribution in [1.29, 1.82) is 0 Å². The Bertz CT molecular complexity index is 1260. The zero-order chi connectivity index (χ0) is 24.1. The summed E-state index contributed by atoms with van der Waals surface area (Å²) >= 11 is 0. The third-order valence-corrected chi connectivity index (χ3v) is 6.48. The summed E-state index contributed by atoms with van der Waals surface area (Å²) in [6, 6.07) is 26.5. The molecule has 4 heteroatoms. The molecule has 1 N–H and O–H groups in total. The quantitative estimate of drug-likeness (QED) is 0.312. The molecule has 0 bridgehead atoms. The molecule has 0 spiro atoms. The van der Waals surface area contributed by atoms with E-state index in [1.807, 2.05) is 60.1 Å². The molecule has 1 aromatic heterocycles. The highest BCUT2D eigenvalue weighted by molar-refractivity contribution is 5.99. The summed E-state index contributed by atoms with van der Waals surface area (Å²) in [4.78, 5) is 18.8. The predicted octanol–water partition coefficient (Wildman–Crippen LogP) is 7.03. The number of aromatic nitrogens is 2. The van der Waals surface area contributed by atoms with Crippen molar-refractivity contribution < 1.29 is 4.79 Å². The van der Waals surface area contributed by atoms with Crippen LogP contribution < -0.4 is 5.32 Å². The first-order chi connectivity index (χ1) is 16.5. The Morgan fingerprint density at radius 1 is 0.912 bits per heavy atom. The average molecular weight is 452 g/mol. The highest BCUT2D eigenvalue weighted by atomic mass is 16.2. The fourth-order valence-corrected chi connectivity index (χ4v) is 4.34. The van der Waals surface area contributed by atoms with Crippen molar-refractivity contribution >= 4 is 5.91 Å². The molecular formula is C30H33N3O. The smallest absolute Gasteiger partial charge is 0.270 e. The Hall–Kier alpha value is -3.66. The van der Waals surface area contributed by atoms with Crippen LogP contribution in [0, 0.1) is 13.8 Å². The molecule has 0 radical (unpaired) electrons. The fourth-order valence-electron chi connectivity index (χ4n) is 4.34. The standard InChI is InChI=1S/C30H33N3O/c1-5-6-17-26(23-13-9-7-10-14-23)31-30(34)28-27(25-19-18-21(2)22(3)20-25)32-29(33(28)4)24-15-11-8-12-16-24/h7-16,18-20,26H,5-6,17H2,1-4H3,(H,31,34). The number of aryl methyl sites for hydroxylation is 2. The molecule has 4 nitrogen and oxygen atoms in total. The third kappa shape index (κ3) is 4.96. The molecule has 0 aliphatic heterocycles. The number of hydrogen-bond donors (Lipinski definition) is 1. The summed E-state index contributed by atoms with van der Waals surface area (Å²) in [7, 11) is 1.93. The van der Waals surface area contributed by atoms with E-state index in [9.17, 15) is 4.79 Å². The first-order valence-electron chi connectivity index (χ1n) is 12.0. The number of rotatable bonds is 8. The SMILES string of the molecule is CCCCC(NC(=O)c1c(-c2ccc(C)c(C)c2)nc(-c2ccccc2)n1C)c1ccccc1. The van der Waals surface area contributed by atoms with Crippen molar-refractivity contribution in [2.45, 2.75) is 46.1 Å². The van der Waals surface area contributed by atoms with Crippen LogP contribution in [0.3, 0.4) is 0 Å². The van der Waals surface area contributed by atoms with E-state index in [2.05, 4.69) is 56.4 Å². The first-order valence-corrected chi connectivity index (χ1v) is 12.0. The van der Waals surface area contributed by atoms with Gasteiger partial charge in [0.25, 0.3) is 5.91 Å². The van der Waals surface area contributed by atoms with Crippen molar-refractivity contribution in [2.75, 3.05) is 0 Å². The van der Waals surface area contributed by atoms with E-state index in [4.69, 9.17) is 4.98 Å². The highest BCUT2D eigenvalue weighted by Crippen LogP contribution is 2.31. The van der Waals surface area contributed by atoms with Gasteiger partial charge in [-0.1, -0.05) is 92.6 Å². The molecule has 0 saturated carbocycles. The molecule has 0 fully saturated rings. The molecule has 34 heavy (non-hydrogen) atoms. The number of nitrogens with one attached hydrogen (secondary N) is 1. The van der Waals surface area contributed by atoms with E-state index in [-0.39, 0.29) is 11.9 Å². The fraction of sp³-hybridized carbons (Fsp3) is 0.267. The predicted molar refractivity (Wildman–Crippen MR) is 140 cm³/mol. The number of hydrogen-bond acceptors (Lipinski definition) is 2. The van der Waals surface area contributed by atoms with Gasteiger partial charge in [0.2, 0.25) is 0 Å². The minimum atomic E-state index is -0.102. The van der Waals surface area contributed by atoms with Gasteiger partial charge in [-0.25, -0.2) is 4.98 Å². The number of imidazole rings is 1. The molecule has 1 atom stereocenters. The number of amides is 1. The minimum Gasteiger partial charge on any atom is -0.344 e. The maximum Gasteiger partial charge on any atom is 0.270 e. The number of carbonyl (C=O) groups excluding carboxylic acids is 1. The molecule has 3 aromatic carbocycles. The van der Waals surface area contributed by atoms with E-state index in [1.165, 1.54) is 11.1 Å². The van der Waals surface area contributed by atoms with Gasteiger partial charge in [-0.15, -0.1) is 0 Å². The number of carbonyl (C=O) groups is 1. The molecule has 1 amide bonds. The lowest BCUT2D eigenvalue weighted by atomic mass is 10.00. The maximum absolute atomic E-state index is 13.8. The van der Waals surface area contributed by atoms with Crippen LogP contribution in [-0.2, 0) is 7.05 Å². The van der Waals surface area contributed by atoms with Gasteiger partial charge >= 0.3 is 0 Å². The molecule has 1 unspecified atom stereocenters. The second kappa shape index (κ2) is 10.5. The maximum atomic E-state index is 13.8. The highest BCUT2D eigenvalue weighted by Gasteiger charge is 2.25. The largest absolute Gasteiger partial charge is 0.344 e. The summed E-state index contributed by atoms with van der Waals surface area (Å²) in [5.41, 5.74) is 6.76. The van der Waals surface area contributed by atoms with Gasteiger partial charge in [-0.05, 0) is 43.0 Å². The van der Waals surface area contributed by atoms with Crippen LogP contribution in [0.2, 0.25) is 0 Å². The van der Waals surface area contributed by atoms with Crippen LogP contribution in [0.25, 0.3) is 22.6 Å². The van der Waals surface area contributed by atoms with Gasteiger partial charge in [0.15, 0.2) is 0 Å². The van der Waals surface area contributed by atoms with E-state index in [0.29, 0.717) is 11.4 Å². The zero-order valence-corrected chi connectivity index (χ0v) is 20.5. The van der Waals surface area contributed by atoms with Crippen LogP contribution in [-0.4, -0.2) is 15.5 Å². The van der Waals surface area contributed by atoms with Crippen LogP contribution in [0.15, 0.2) is 78.9 Å². The Morgan fingerprint density at radius 2 is 1.59 bits per heavy atom. The molecule has 4 rings (SSSR count). The molecule has 174 valence electrons. The normalized spacial score (nSPS) is 11.9. The van der Waals surface area contributed by atoms with E-state index in [1.54, 1.807) is 0 Å².